The van der Waals surface area contributed by atoms with E-state index in [2.05, 4.69) is 15.8 Å². The number of hydrazine groups is 1. The topological polar surface area (TPSA) is 97.4 Å². The molecule has 2 N–H and O–H groups in total. The maximum Gasteiger partial charge on any atom is 0.339 e. The number of thiophene rings is 1. The number of nitrogens with one attached hydrogen (secondary N) is 2. The molecule has 0 atom stereocenters. The normalized spacial score (nSPS) is 10.5. The minimum Gasteiger partial charge on any atom is -0.452 e. The highest BCUT2D eigenvalue weighted by Gasteiger charge is 2.17. The quantitative estimate of drug-likeness (QED) is 0.339. The van der Waals surface area contributed by atoms with Gasteiger partial charge in [-0.15, -0.1) is 11.3 Å². The van der Waals surface area contributed by atoms with E-state index in [4.69, 9.17) is 16.3 Å². The lowest BCUT2D eigenvalue weighted by Gasteiger charge is -2.10. The zero-order valence-electron chi connectivity index (χ0n) is 16.5. The number of aromatic nitrogens is 1. The summed E-state index contributed by atoms with van der Waals surface area (Å²) >= 11 is 7.37. The van der Waals surface area contributed by atoms with Gasteiger partial charge < -0.3 is 4.74 Å². The molecule has 0 saturated carbocycles. The Hall–Kier alpha value is -3.75. The van der Waals surface area contributed by atoms with Gasteiger partial charge in [-0.05, 0) is 36.4 Å². The second-order valence-corrected chi connectivity index (χ2v) is 8.34. The van der Waals surface area contributed by atoms with Crippen LogP contribution >= 0.6 is 22.9 Å². The monoisotopic (exact) mass is 465 g/mol. The molecule has 4 rings (SSSR count). The van der Waals surface area contributed by atoms with Crippen molar-refractivity contribution in [1.82, 2.24) is 15.8 Å². The second kappa shape index (κ2) is 9.59. The van der Waals surface area contributed by atoms with Crippen LogP contribution in [0.5, 0.6) is 0 Å². The zero-order valence-corrected chi connectivity index (χ0v) is 18.1. The van der Waals surface area contributed by atoms with Crippen LogP contribution in [0.15, 0.2) is 72.8 Å². The van der Waals surface area contributed by atoms with Gasteiger partial charge in [0.25, 0.3) is 11.8 Å². The van der Waals surface area contributed by atoms with Crippen molar-refractivity contribution in [2.75, 3.05) is 6.61 Å². The van der Waals surface area contributed by atoms with E-state index >= 15 is 0 Å². The molecule has 160 valence electrons. The van der Waals surface area contributed by atoms with Crippen molar-refractivity contribution >= 4 is 51.6 Å². The fourth-order valence-electron chi connectivity index (χ4n) is 2.96. The lowest BCUT2D eigenvalue weighted by molar-refractivity contribution is -0.125. The van der Waals surface area contributed by atoms with Crippen LogP contribution in [0.25, 0.3) is 21.5 Å². The number of carbonyl (C=O) groups is 3. The molecule has 2 amide bonds. The van der Waals surface area contributed by atoms with Crippen molar-refractivity contribution in [2.45, 2.75) is 0 Å². The molecule has 0 aliphatic rings. The standard InChI is InChI=1S/C23H16ClN3O4S/c24-20-11-10-19(32-20)18-12-16(15-8-4-5-9-17(15)25-18)23(30)31-13-21(28)26-27-22(29)14-6-2-1-3-7-14/h1-12H,13H2,(H,26,28)(H,27,29). The van der Waals surface area contributed by atoms with Crippen LogP contribution in [0.1, 0.15) is 20.7 Å². The number of esters is 1. The highest BCUT2D eigenvalue weighted by atomic mass is 35.5. The molecule has 32 heavy (non-hydrogen) atoms. The first-order valence-corrected chi connectivity index (χ1v) is 10.7. The SMILES string of the molecule is O=C(COC(=O)c1cc(-c2ccc(Cl)s2)nc2ccccc12)NNC(=O)c1ccccc1. The van der Waals surface area contributed by atoms with Gasteiger partial charge in [0.15, 0.2) is 6.61 Å². The van der Waals surface area contributed by atoms with Gasteiger partial charge in [0, 0.05) is 10.9 Å². The summed E-state index contributed by atoms with van der Waals surface area (Å²) in [6, 6.07) is 20.7. The predicted molar refractivity (Wildman–Crippen MR) is 122 cm³/mol. The van der Waals surface area contributed by atoms with Gasteiger partial charge in [0.2, 0.25) is 0 Å². The number of rotatable bonds is 5. The Balaban J connectivity index is 1.45. The molecule has 2 aromatic heterocycles. The number of benzene rings is 2. The molecule has 7 nitrogen and oxygen atoms in total. The number of pyridine rings is 1. The number of fused-ring (bicyclic) bond motifs is 1. The number of amides is 2. The van der Waals surface area contributed by atoms with Gasteiger partial charge in [-0.25, -0.2) is 9.78 Å². The number of carbonyl (C=O) groups excluding carboxylic acids is 3. The largest absolute Gasteiger partial charge is 0.452 e. The number of halogens is 1. The van der Waals surface area contributed by atoms with Crippen molar-refractivity contribution in [1.29, 1.82) is 0 Å². The summed E-state index contributed by atoms with van der Waals surface area (Å²) in [5, 5.41) is 0.599. The van der Waals surface area contributed by atoms with E-state index in [-0.39, 0.29) is 5.56 Å². The van der Waals surface area contributed by atoms with E-state index in [1.54, 1.807) is 60.7 Å². The molecule has 9 heteroatoms. The molecular formula is C23H16ClN3O4S. The van der Waals surface area contributed by atoms with Crippen molar-refractivity contribution in [3.8, 4) is 10.6 Å². The summed E-state index contributed by atoms with van der Waals surface area (Å²) in [5.41, 5.74) is 6.34. The lowest BCUT2D eigenvalue weighted by atomic mass is 10.1. The number of nitrogens with zero attached hydrogens (tertiary/aromatic N) is 1. The minimum atomic E-state index is -0.683. The van der Waals surface area contributed by atoms with Crippen LogP contribution in [-0.4, -0.2) is 29.4 Å². The first kappa shape index (κ1) is 21.5. The Morgan fingerprint density at radius 3 is 2.44 bits per heavy atom. The highest BCUT2D eigenvalue weighted by Crippen LogP contribution is 2.32. The first-order valence-electron chi connectivity index (χ1n) is 9.48. The number of hydrogen-bond acceptors (Lipinski definition) is 6. The molecule has 0 fully saturated rings. The maximum atomic E-state index is 12.8. The van der Waals surface area contributed by atoms with E-state index < -0.39 is 24.4 Å². The summed E-state index contributed by atoms with van der Waals surface area (Å²) in [4.78, 5) is 42.2. The molecule has 0 aliphatic carbocycles. The molecule has 0 saturated heterocycles. The van der Waals surface area contributed by atoms with Gasteiger partial charge in [-0.1, -0.05) is 48.0 Å². The second-order valence-electron chi connectivity index (χ2n) is 6.62. The van der Waals surface area contributed by atoms with Crippen molar-refractivity contribution in [3.63, 3.8) is 0 Å². The zero-order chi connectivity index (χ0) is 22.5. The van der Waals surface area contributed by atoms with Crippen LogP contribution in [0.2, 0.25) is 4.34 Å². The van der Waals surface area contributed by atoms with Crippen LogP contribution in [0, 0.1) is 0 Å². The number of para-hydroxylation sites is 1. The van der Waals surface area contributed by atoms with Gasteiger partial charge in [-0.3, -0.25) is 20.4 Å². The molecule has 4 aromatic rings. The summed E-state index contributed by atoms with van der Waals surface area (Å²) < 4.78 is 5.78. The highest BCUT2D eigenvalue weighted by molar-refractivity contribution is 7.19. The third-order valence-electron chi connectivity index (χ3n) is 4.45. The van der Waals surface area contributed by atoms with Crippen molar-refractivity contribution < 1.29 is 19.1 Å². The Bertz CT molecular complexity index is 1310. The van der Waals surface area contributed by atoms with Crippen LogP contribution in [0.4, 0.5) is 0 Å². The lowest BCUT2D eigenvalue weighted by Crippen LogP contribution is -2.43. The number of hydrogen-bond donors (Lipinski definition) is 2. The fourth-order valence-corrected chi connectivity index (χ4v) is 3.96. The molecular weight excluding hydrogens is 450 g/mol. The van der Waals surface area contributed by atoms with E-state index in [9.17, 15) is 14.4 Å². The van der Waals surface area contributed by atoms with Gasteiger partial charge >= 0.3 is 5.97 Å². The third kappa shape index (κ3) is 4.93. The van der Waals surface area contributed by atoms with Gasteiger partial charge in [0.1, 0.15) is 0 Å². The molecule has 0 spiro atoms. The van der Waals surface area contributed by atoms with E-state index in [1.807, 2.05) is 12.1 Å². The molecule has 2 heterocycles. The van der Waals surface area contributed by atoms with Crippen LogP contribution < -0.4 is 10.9 Å². The molecule has 0 unspecified atom stereocenters. The average Bonchev–Trinajstić information content (AvgIpc) is 3.27. The number of ether oxygens (including phenoxy) is 1. The minimum absolute atomic E-state index is 0.274. The average molecular weight is 466 g/mol. The van der Waals surface area contributed by atoms with Gasteiger partial charge in [-0.2, -0.15) is 0 Å². The molecule has 0 bridgehead atoms. The maximum absolute atomic E-state index is 12.8. The smallest absolute Gasteiger partial charge is 0.339 e. The summed E-state index contributed by atoms with van der Waals surface area (Å²) in [7, 11) is 0. The van der Waals surface area contributed by atoms with E-state index in [1.165, 1.54) is 11.3 Å². The summed E-state index contributed by atoms with van der Waals surface area (Å²) in [5.74, 6) is -1.84. The van der Waals surface area contributed by atoms with Crippen LogP contribution in [0.3, 0.4) is 0 Å². The van der Waals surface area contributed by atoms with Crippen molar-refractivity contribution in [3.05, 3.63) is 88.3 Å². The Kier molecular flexibility index (Phi) is 6.44. The van der Waals surface area contributed by atoms with Crippen molar-refractivity contribution in [2.24, 2.45) is 0 Å². The molecule has 0 radical (unpaired) electrons. The molecule has 0 aliphatic heterocycles. The predicted octanol–water partition coefficient (Wildman–Crippen LogP) is 4.23. The Labute approximate surface area is 192 Å². The van der Waals surface area contributed by atoms with Crippen LogP contribution in [-0.2, 0) is 9.53 Å². The Morgan fingerprint density at radius 2 is 1.69 bits per heavy atom. The van der Waals surface area contributed by atoms with E-state index in [0.29, 0.717) is 26.5 Å². The fraction of sp³-hybridized carbons (Fsp3) is 0.0435. The third-order valence-corrected chi connectivity index (χ3v) is 5.70. The van der Waals surface area contributed by atoms with E-state index in [0.717, 1.165) is 4.88 Å². The summed E-state index contributed by atoms with van der Waals surface area (Å²) in [6.07, 6.45) is 0. The first-order chi connectivity index (χ1) is 15.5. The Morgan fingerprint density at radius 1 is 0.938 bits per heavy atom. The van der Waals surface area contributed by atoms with Gasteiger partial charge in [0.05, 0.1) is 26.0 Å². The molecule has 2 aromatic carbocycles. The summed E-state index contributed by atoms with van der Waals surface area (Å²) in [6.45, 7) is -0.565.